The largest absolute Gasteiger partial charge is 0.490 e. The number of nitrogens with zero attached hydrogens (tertiary/aromatic N) is 1. The van der Waals surface area contributed by atoms with E-state index in [0.29, 0.717) is 32.4 Å². The molecule has 1 heterocycles. The van der Waals surface area contributed by atoms with Gasteiger partial charge in [0.15, 0.2) is 0 Å². The molecule has 20 heavy (non-hydrogen) atoms. The molecule has 1 aromatic rings. The molecule has 2 rings (SSSR count). The fourth-order valence-corrected chi connectivity index (χ4v) is 2.27. The summed E-state index contributed by atoms with van der Waals surface area (Å²) in [5.41, 5.74) is 1.91. The maximum Gasteiger partial charge on any atom is 0.303 e. The summed E-state index contributed by atoms with van der Waals surface area (Å²) >= 11 is 0. The average molecular weight is 277 g/mol. The van der Waals surface area contributed by atoms with Crippen molar-refractivity contribution in [2.45, 2.75) is 32.6 Å². The van der Waals surface area contributed by atoms with Crippen LogP contribution < -0.4 is 9.64 Å². The van der Waals surface area contributed by atoms with Crippen LogP contribution in [0.25, 0.3) is 0 Å². The van der Waals surface area contributed by atoms with Crippen LogP contribution in [-0.2, 0) is 9.59 Å². The molecule has 0 radical (unpaired) electrons. The molecule has 1 amide bonds. The highest BCUT2D eigenvalue weighted by Gasteiger charge is 2.23. The van der Waals surface area contributed by atoms with Gasteiger partial charge in [0.05, 0.1) is 12.2 Å². The topological polar surface area (TPSA) is 66.8 Å². The van der Waals surface area contributed by atoms with Crippen molar-refractivity contribution >= 4 is 17.6 Å². The summed E-state index contributed by atoms with van der Waals surface area (Å²) in [5, 5.41) is 8.57. The van der Waals surface area contributed by atoms with E-state index in [1.807, 2.05) is 25.1 Å². The van der Waals surface area contributed by atoms with E-state index in [4.69, 9.17) is 9.84 Å². The van der Waals surface area contributed by atoms with E-state index >= 15 is 0 Å². The third-order valence-electron chi connectivity index (χ3n) is 3.31. The Labute approximate surface area is 118 Å². The molecule has 1 aromatic carbocycles. The zero-order chi connectivity index (χ0) is 14.5. The van der Waals surface area contributed by atoms with Gasteiger partial charge >= 0.3 is 5.97 Å². The van der Waals surface area contributed by atoms with Crippen LogP contribution in [0.1, 0.15) is 31.2 Å². The Bertz CT molecular complexity index is 513. The van der Waals surface area contributed by atoms with Gasteiger partial charge in [-0.1, -0.05) is 6.07 Å². The number of amides is 1. The summed E-state index contributed by atoms with van der Waals surface area (Å²) in [4.78, 5) is 24.4. The summed E-state index contributed by atoms with van der Waals surface area (Å²) in [6, 6.07) is 5.79. The number of fused-ring (bicyclic) bond motifs is 1. The van der Waals surface area contributed by atoms with Crippen molar-refractivity contribution in [3.63, 3.8) is 0 Å². The fraction of sp³-hybridized carbons (Fsp3) is 0.467. The molecule has 1 aliphatic heterocycles. The minimum atomic E-state index is -0.815. The molecule has 1 aliphatic rings. The van der Waals surface area contributed by atoms with Gasteiger partial charge in [-0.15, -0.1) is 0 Å². The first kappa shape index (κ1) is 14.4. The lowest BCUT2D eigenvalue weighted by molar-refractivity contribution is -0.137. The van der Waals surface area contributed by atoms with Crippen molar-refractivity contribution in [3.05, 3.63) is 23.8 Å². The second-order valence-corrected chi connectivity index (χ2v) is 4.97. The zero-order valence-electron chi connectivity index (χ0n) is 11.6. The van der Waals surface area contributed by atoms with E-state index in [1.54, 1.807) is 4.90 Å². The summed E-state index contributed by atoms with van der Waals surface area (Å²) in [6.45, 7) is 3.03. The number of carboxylic acid groups (broad SMARTS) is 1. The van der Waals surface area contributed by atoms with Crippen molar-refractivity contribution in [1.82, 2.24) is 0 Å². The fourth-order valence-electron chi connectivity index (χ4n) is 2.27. The number of carbonyl (C=O) groups is 2. The molecular weight excluding hydrogens is 258 g/mol. The lowest BCUT2D eigenvalue weighted by Crippen LogP contribution is -2.37. The molecule has 0 saturated carbocycles. The minimum absolute atomic E-state index is 0.0313. The van der Waals surface area contributed by atoms with Gasteiger partial charge in [-0.2, -0.15) is 0 Å². The number of benzene rings is 1. The molecule has 1 N–H and O–H groups in total. The molecule has 0 spiro atoms. The van der Waals surface area contributed by atoms with Gasteiger partial charge in [0.25, 0.3) is 0 Å². The zero-order valence-corrected chi connectivity index (χ0v) is 11.6. The summed E-state index contributed by atoms with van der Waals surface area (Å²) < 4.78 is 5.57. The van der Waals surface area contributed by atoms with Crippen LogP contribution in [-0.4, -0.2) is 30.1 Å². The summed E-state index contributed by atoms with van der Waals surface area (Å²) in [6.07, 6.45) is 1.63. The van der Waals surface area contributed by atoms with Crippen molar-refractivity contribution in [3.8, 4) is 5.75 Å². The number of hydrogen-bond donors (Lipinski definition) is 1. The molecule has 0 unspecified atom stereocenters. The number of aryl methyl sites for hydroxylation is 1. The normalized spacial score (nSPS) is 13.6. The third-order valence-corrected chi connectivity index (χ3v) is 3.31. The average Bonchev–Trinajstić information content (AvgIpc) is 2.42. The summed E-state index contributed by atoms with van der Waals surface area (Å²) in [5.74, 6) is -0.0384. The van der Waals surface area contributed by atoms with Crippen molar-refractivity contribution in [2.75, 3.05) is 18.1 Å². The van der Waals surface area contributed by atoms with Crippen molar-refractivity contribution in [1.29, 1.82) is 0 Å². The number of carboxylic acids is 1. The highest BCUT2D eigenvalue weighted by molar-refractivity contribution is 5.95. The van der Waals surface area contributed by atoms with E-state index < -0.39 is 5.97 Å². The Kier molecular flexibility index (Phi) is 4.61. The number of rotatable bonds is 5. The van der Waals surface area contributed by atoms with E-state index in [-0.39, 0.29) is 12.3 Å². The van der Waals surface area contributed by atoms with E-state index in [1.165, 1.54) is 0 Å². The SMILES string of the molecule is Cc1ccc2c(c1)OCCN2C(=O)CCCCC(=O)O. The number of aliphatic carboxylic acids is 1. The van der Waals surface area contributed by atoms with Crippen molar-refractivity contribution in [2.24, 2.45) is 0 Å². The second-order valence-electron chi connectivity index (χ2n) is 4.97. The van der Waals surface area contributed by atoms with Crippen LogP contribution in [0.2, 0.25) is 0 Å². The molecule has 5 nitrogen and oxygen atoms in total. The van der Waals surface area contributed by atoms with Crippen molar-refractivity contribution < 1.29 is 19.4 Å². The maximum atomic E-state index is 12.2. The van der Waals surface area contributed by atoms with E-state index in [2.05, 4.69) is 0 Å². The number of carbonyl (C=O) groups excluding carboxylic acids is 1. The van der Waals surface area contributed by atoms with Gasteiger partial charge in [-0.25, -0.2) is 0 Å². The minimum Gasteiger partial charge on any atom is -0.490 e. The van der Waals surface area contributed by atoms with E-state index in [0.717, 1.165) is 17.0 Å². The van der Waals surface area contributed by atoms with Crippen LogP contribution in [0.4, 0.5) is 5.69 Å². The Morgan fingerprint density at radius 2 is 2.05 bits per heavy atom. The first-order chi connectivity index (χ1) is 9.58. The third kappa shape index (κ3) is 3.50. The predicted octanol–water partition coefficient (Wildman–Crippen LogP) is 2.37. The van der Waals surface area contributed by atoms with Gasteiger partial charge < -0.3 is 14.7 Å². The summed E-state index contributed by atoms with van der Waals surface area (Å²) in [7, 11) is 0. The number of hydrogen-bond acceptors (Lipinski definition) is 3. The first-order valence-corrected chi connectivity index (χ1v) is 6.83. The molecular formula is C15H19NO4. The quantitative estimate of drug-likeness (QED) is 0.839. The lowest BCUT2D eigenvalue weighted by atomic mass is 10.1. The Morgan fingerprint density at radius 1 is 1.30 bits per heavy atom. The molecule has 108 valence electrons. The maximum absolute atomic E-state index is 12.2. The van der Waals surface area contributed by atoms with E-state index in [9.17, 15) is 9.59 Å². The molecule has 0 aromatic heterocycles. The highest BCUT2D eigenvalue weighted by Crippen LogP contribution is 2.32. The van der Waals surface area contributed by atoms with Crippen LogP contribution in [0.3, 0.4) is 0 Å². The molecule has 0 aliphatic carbocycles. The molecule has 0 saturated heterocycles. The second kappa shape index (κ2) is 6.41. The highest BCUT2D eigenvalue weighted by atomic mass is 16.5. The van der Waals surface area contributed by atoms with Gasteiger partial charge in [0.2, 0.25) is 5.91 Å². The number of unbranched alkanes of at least 4 members (excludes halogenated alkanes) is 1. The van der Waals surface area contributed by atoms with Crippen LogP contribution in [0, 0.1) is 6.92 Å². The van der Waals surface area contributed by atoms with Crippen LogP contribution in [0.15, 0.2) is 18.2 Å². The smallest absolute Gasteiger partial charge is 0.303 e. The standard InChI is InChI=1S/C15H19NO4/c1-11-6-7-12-13(10-11)20-9-8-16(12)14(17)4-2-3-5-15(18)19/h6-7,10H,2-5,8-9H2,1H3,(H,18,19). The number of anilines is 1. The van der Waals surface area contributed by atoms with Gasteiger partial charge in [-0.05, 0) is 37.5 Å². The Morgan fingerprint density at radius 3 is 2.80 bits per heavy atom. The van der Waals surface area contributed by atoms with Crippen LogP contribution in [0.5, 0.6) is 5.75 Å². The Balaban J connectivity index is 1.96. The lowest BCUT2D eigenvalue weighted by Gasteiger charge is -2.29. The first-order valence-electron chi connectivity index (χ1n) is 6.83. The number of ether oxygens (including phenoxy) is 1. The van der Waals surface area contributed by atoms with Gasteiger partial charge in [-0.3, -0.25) is 9.59 Å². The van der Waals surface area contributed by atoms with Gasteiger partial charge in [0, 0.05) is 12.8 Å². The van der Waals surface area contributed by atoms with Crippen LogP contribution >= 0.6 is 0 Å². The molecule has 0 fully saturated rings. The molecule has 0 bridgehead atoms. The van der Waals surface area contributed by atoms with Gasteiger partial charge in [0.1, 0.15) is 12.4 Å². The predicted molar refractivity (Wildman–Crippen MR) is 75.1 cm³/mol. The molecule has 0 atom stereocenters. The molecule has 5 heteroatoms. The monoisotopic (exact) mass is 277 g/mol. The Hall–Kier alpha value is -2.04.